The summed E-state index contributed by atoms with van der Waals surface area (Å²) in [6.45, 7) is 2.43. The summed E-state index contributed by atoms with van der Waals surface area (Å²) in [7, 11) is 0. The normalized spacial score (nSPS) is 11.7. The molecule has 0 fully saturated rings. The number of aliphatic imine (C=N–C) groups is 1. The predicted molar refractivity (Wildman–Crippen MR) is 86.4 cm³/mol. The molecule has 0 atom stereocenters. The lowest BCUT2D eigenvalue weighted by Gasteiger charge is -2.09. The van der Waals surface area contributed by atoms with Crippen LogP contribution in [0.2, 0.25) is 0 Å². The molecule has 1 aliphatic rings. The van der Waals surface area contributed by atoms with E-state index in [1.54, 1.807) is 12.1 Å². The van der Waals surface area contributed by atoms with E-state index in [2.05, 4.69) is 9.98 Å². The second kappa shape index (κ2) is 6.57. The number of carbonyl (C=O) groups excluding carboxylic acids is 1. The third-order valence-corrected chi connectivity index (χ3v) is 3.01. The van der Waals surface area contributed by atoms with Crippen molar-refractivity contribution >= 4 is 35.2 Å². The number of nitrogens with zero attached hydrogens (tertiary/aromatic N) is 2. The van der Waals surface area contributed by atoms with E-state index < -0.39 is 5.91 Å². The molecule has 9 heteroatoms. The molecule has 0 saturated carbocycles. The molecule has 0 unspecified atom stereocenters. The number of guanidine groups is 1. The molecule has 1 amide bonds. The van der Waals surface area contributed by atoms with Crippen LogP contribution in [0.25, 0.3) is 10.9 Å². The Labute approximate surface area is 137 Å². The summed E-state index contributed by atoms with van der Waals surface area (Å²) in [5.74, 6) is 0.712. The number of pyridine rings is 1. The van der Waals surface area contributed by atoms with Gasteiger partial charge >= 0.3 is 0 Å². The maximum Gasteiger partial charge on any atom is 0.298 e. The number of amides is 1. The van der Waals surface area contributed by atoms with Crippen LogP contribution in [0.5, 0.6) is 17.2 Å². The van der Waals surface area contributed by atoms with Gasteiger partial charge < -0.3 is 25.7 Å². The summed E-state index contributed by atoms with van der Waals surface area (Å²) in [6, 6.07) is 4.96. The standard InChI is InChI=1S/C14H14N4O4.ClH/c1-2-20-10-5-9(13(19)18-14(15)16)17-8-4-12-11(3-7(8)10)21-6-22-12;/h3-5H,2,6H2,1H3,(H4,15,16,18,19);1H. The van der Waals surface area contributed by atoms with E-state index in [0.717, 1.165) is 0 Å². The maximum atomic E-state index is 12.0. The van der Waals surface area contributed by atoms with Gasteiger partial charge in [0.05, 0.1) is 12.1 Å². The first-order chi connectivity index (χ1) is 10.6. The van der Waals surface area contributed by atoms with Crippen LogP contribution in [-0.2, 0) is 0 Å². The number of fused-ring (bicyclic) bond motifs is 2. The average Bonchev–Trinajstić information content (AvgIpc) is 2.91. The van der Waals surface area contributed by atoms with Gasteiger partial charge in [0.25, 0.3) is 5.91 Å². The minimum Gasteiger partial charge on any atom is -0.493 e. The molecular weight excluding hydrogens is 324 g/mol. The van der Waals surface area contributed by atoms with E-state index in [1.165, 1.54) is 6.07 Å². The maximum absolute atomic E-state index is 12.0. The Kier molecular flexibility index (Phi) is 4.75. The summed E-state index contributed by atoms with van der Waals surface area (Å²) in [5, 5.41) is 0.715. The summed E-state index contributed by atoms with van der Waals surface area (Å²) >= 11 is 0. The van der Waals surface area contributed by atoms with Crippen LogP contribution >= 0.6 is 12.4 Å². The zero-order chi connectivity index (χ0) is 15.7. The largest absolute Gasteiger partial charge is 0.493 e. The number of hydrogen-bond acceptors (Lipinski definition) is 5. The highest BCUT2D eigenvalue weighted by Crippen LogP contribution is 2.38. The van der Waals surface area contributed by atoms with Crippen molar-refractivity contribution in [1.82, 2.24) is 4.98 Å². The Morgan fingerprint density at radius 1 is 1.30 bits per heavy atom. The molecule has 23 heavy (non-hydrogen) atoms. The van der Waals surface area contributed by atoms with Crippen molar-refractivity contribution in [2.24, 2.45) is 16.5 Å². The van der Waals surface area contributed by atoms with Crippen molar-refractivity contribution in [2.75, 3.05) is 13.4 Å². The fraction of sp³-hybridized carbons (Fsp3) is 0.214. The zero-order valence-corrected chi connectivity index (χ0v) is 13.1. The number of nitrogens with two attached hydrogens (primary N) is 2. The highest BCUT2D eigenvalue weighted by atomic mass is 35.5. The molecule has 1 aromatic carbocycles. The first kappa shape index (κ1) is 16.6. The molecule has 1 aromatic heterocycles. The average molecular weight is 339 g/mol. The Balaban J connectivity index is 0.00000192. The Bertz CT molecular complexity index is 790. The van der Waals surface area contributed by atoms with E-state index in [1.807, 2.05) is 6.92 Å². The number of benzene rings is 1. The number of carbonyl (C=O) groups is 1. The summed E-state index contributed by atoms with van der Waals surface area (Å²) in [6.07, 6.45) is 0. The molecule has 4 N–H and O–H groups in total. The molecule has 3 rings (SSSR count). The van der Waals surface area contributed by atoms with Crippen LogP contribution in [0.4, 0.5) is 0 Å². The lowest BCUT2D eigenvalue weighted by molar-refractivity contribution is 0.0998. The Morgan fingerprint density at radius 3 is 2.65 bits per heavy atom. The van der Waals surface area contributed by atoms with Gasteiger partial charge in [-0.1, -0.05) is 0 Å². The van der Waals surface area contributed by atoms with Crippen molar-refractivity contribution in [3.63, 3.8) is 0 Å². The summed E-state index contributed by atoms with van der Waals surface area (Å²) in [4.78, 5) is 19.7. The minimum absolute atomic E-state index is 0. The fourth-order valence-corrected chi connectivity index (χ4v) is 2.14. The van der Waals surface area contributed by atoms with Crippen LogP contribution < -0.4 is 25.7 Å². The Morgan fingerprint density at radius 2 is 2.00 bits per heavy atom. The molecule has 0 aliphatic carbocycles. The van der Waals surface area contributed by atoms with E-state index in [0.29, 0.717) is 34.8 Å². The highest BCUT2D eigenvalue weighted by molar-refractivity contribution is 6.03. The Hall–Kier alpha value is -2.74. The number of aromatic nitrogens is 1. The third kappa shape index (κ3) is 3.21. The van der Waals surface area contributed by atoms with Gasteiger partial charge in [-0.05, 0) is 13.0 Å². The monoisotopic (exact) mass is 338 g/mol. The molecule has 2 heterocycles. The molecule has 0 radical (unpaired) electrons. The predicted octanol–water partition coefficient (Wildman–Crippen LogP) is 1.20. The van der Waals surface area contributed by atoms with E-state index >= 15 is 0 Å². The topological polar surface area (TPSA) is 122 Å². The van der Waals surface area contributed by atoms with Crippen LogP contribution in [0, 0.1) is 0 Å². The SMILES string of the molecule is CCOc1cc(C(=O)N=C(N)N)nc2cc3c(cc12)OCO3.Cl. The molecule has 2 aromatic rings. The van der Waals surface area contributed by atoms with Gasteiger partial charge in [0.2, 0.25) is 6.79 Å². The highest BCUT2D eigenvalue weighted by Gasteiger charge is 2.19. The van der Waals surface area contributed by atoms with Crippen molar-refractivity contribution in [3.05, 3.63) is 23.9 Å². The number of rotatable bonds is 3. The number of hydrogen-bond donors (Lipinski definition) is 2. The van der Waals surface area contributed by atoms with Crippen LogP contribution in [-0.4, -0.2) is 30.3 Å². The van der Waals surface area contributed by atoms with E-state index in [-0.39, 0.29) is 30.9 Å². The molecule has 122 valence electrons. The van der Waals surface area contributed by atoms with E-state index in [4.69, 9.17) is 25.7 Å². The van der Waals surface area contributed by atoms with Crippen molar-refractivity contribution in [3.8, 4) is 17.2 Å². The number of halogens is 1. The van der Waals surface area contributed by atoms with Gasteiger partial charge in [-0.2, -0.15) is 4.99 Å². The van der Waals surface area contributed by atoms with Crippen LogP contribution in [0.15, 0.2) is 23.2 Å². The molecular formula is C14H15ClN4O4. The summed E-state index contributed by atoms with van der Waals surface area (Å²) < 4.78 is 16.2. The fourth-order valence-electron chi connectivity index (χ4n) is 2.14. The van der Waals surface area contributed by atoms with Crippen LogP contribution in [0.3, 0.4) is 0 Å². The molecule has 0 bridgehead atoms. The van der Waals surface area contributed by atoms with E-state index in [9.17, 15) is 4.79 Å². The van der Waals surface area contributed by atoms with Gasteiger partial charge in [-0.3, -0.25) is 4.79 Å². The van der Waals surface area contributed by atoms with Crippen molar-refractivity contribution in [1.29, 1.82) is 0 Å². The van der Waals surface area contributed by atoms with Gasteiger partial charge in [0.15, 0.2) is 17.5 Å². The quantitative estimate of drug-likeness (QED) is 0.636. The zero-order valence-electron chi connectivity index (χ0n) is 12.2. The van der Waals surface area contributed by atoms with Gasteiger partial charge in [-0.25, -0.2) is 4.98 Å². The second-order valence-electron chi connectivity index (χ2n) is 4.50. The van der Waals surface area contributed by atoms with Crippen molar-refractivity contribution < 1.29 is 19.0 Å². The number of ether oxygens (including phenoxy) is 3. The molecule has 0 spiro atoms. The van der Waals surface area contributed by atoms with Gasteiger partial charge in [-0.15, -0.1) is 12.4 Å². The first-order valence-corrected chi connectivity index (χ1v) is 6.59. The molecule has 1 aliphatic heterocycles. The van der Waals surface area contributed by atoms with Crippen LogP contribution in [0.1, 0.15) is 17.4 Å². The molecule has 0 saturated heterocycles. The van der Waals surface area contributed by atoms with Gasteiger partial charge in [0.1, 0.15) is 11.4 Å². The smallest absolute Gasteiger partial charge is 0.298 e. The first-order valence-electron chi connectivity index (χ1n) is 6.59. The third-order valence-electron chi connectivity index (χ3n) is 3.01. The van der Waals surface area contributed by atoms with Gasteiger partial charge in [0, 0.05) is 17.5 Å². The lowest BCUT2D eigenvalue weighted by atomic mass is 10.1. The molecule has 8 nitrogen and oxygen atoms in total. The minimum atomic E-state index is -0.638. The second-order valence-corrected chi connectivity index (χ2v) is 4.50. The van der Waals surface area contributed by atoms with Crippen molar-refractivity contribution in [2.45, 2.75) is 6.92 Å². The summed E-state index contributed by atoms with van der Waals surface area (Å²) in [5.41, 5.74) is 11.1. The lowest BCUT2D eigenvalue weighted by Crippen LogP contribution is -2.24.